The minimum Gasteiger partial charge on any atom is -0.385 e. The Morgan fingerprint density at radius 3 is 2.65 bits per heavy atom. The van der Waals surface area contributed by atoms with Crippen LogP contribution in [-0.4, -0.2) is 51.8 Å². The third-order valence-corrected chi connectivity index (χ3v) is 3.36. The first kappa shape index (κ1) is 12.4. The fourth-order valence-corrected chi connectivity index (χ4v) is 2.13. The summed E-state index contributed by atoms with van der Waals surface area (Å²) >= 11 is 0. The van der Waals surface area contributed by atoms with E-state index in [2.05, 4.69) is 14.9 Å². The Bertz CT molecular complexity index is 350. The predicted octanol–water partition coefficient (Wildman–Crippen LogP) is 0.621. The molecule has 17 heavy (non-hydrogen) atoms. The Balaban J connectivity index is 2.13. The summed E-state index contributed by atoms with van der Waals surface area (Å²) in [6.45, 7) is 7.16. The van der Waals surface area contributed by atoms with Gasteiger partial charge in [0.2, 0.25) is 0 Å². The molecule has 2 heterocycles. The van der Waals surface area contributed by atoms with Gasteiger partial charge in [-0.2, -0.15) is 0 Å². The summed E-state index contributed by atoms with van der Waals surface area (Å²) in [4.78, 5) is 10.4. The van der Waals surface area contributed by atoms with Crippen molar-refractivity contribution in [1.29, 1.82) is 0 Å². The van der Waals surface area contributed by atoms with E-state index in [0.717, 1.165) is 26.3 Å². The highest BCUT2D eigenvalue weighted by Crippen LogP contribution is 2.30. The van der Waals surface area contributed by atoms with Gasteiger partial charge in [0, 0.05) is 31.0 Å². The molecule has 5 heteroatoms. The zero-order valence-electron chi connectivity index (χ0n) is 10.3. The Morgan fingerprint density at radius 2 is 2.06 bits per heavy atom. The van der Waals surface area contributed by atoms with Gasteiger partial charge in [0.25, 0.3) is 0 Å². The van der Waals surface area contributed by atoms with E-state index in [0.29, 0.717) is 5.69 Å². The highest BCUT2D eigenvalue weighted by Gasteiger charge is 2.36. The van der Waals surface area contributed by atoms with Crippen molar-refractivity contribution in [2.24, 2.45) is 0 Å². The molecule has 0 aromatic carbocycles. The Kier molecular flexibility index (Phi) is 3.71. The molecular weight excluding hydrogens is 218 g/mol. The van der Waals surface area contributed by atoms with Gasteiger partial charge in [-0.3, -0.25) is 14.9 Å². The van der Waals surface area contributed by atoms with Crippen molar-refractivity contribution < 1.29 is 9.84 Å². The summed E-state index contributed by atoms with van der Waals surface area (Å²) in [6, 6.07) is 0. The fourth-order valence-electron chi connectivity index (χ4n) is 2.13. The van der Waals surface area contributed by atoms with Crippen LogP contribution < -0.4 is 0 Å². The number of aliphatic hydroxyl groups is 1. The Labute approximate surface area is 101 Å². The van der Waals surface area contributed by atoms with Gasteiger partial charge in [-0.15, -0.1) is 0 Å². The number of nitrogens with zero attached hydrogens (tertiary/aromatic N) is 3. The van der Waals surface area contributed by atoms with Gasteiger partial charge in [0.05, 0.1) is 25.1 Å². The fraction of sp³-hybridized carbons (Fsp3) is 0.667. The highest BCUT2D eigenvalue weighted by molar-refractivity contribution is 5.07. The van der Waals surface area contributed by atoms with Crippen LogP contribution in [0.15, 0.2) is 18.6 Å². The molecule has 0 aliphatic carbocycles. The van der Waals surface area contributed by atoms with Gasteiger partial charge in [-0.05, 0) is 13.8 Å². The molecule has 1 unspecified atom stereocenters. The average molecular weight is 237 g/mol. The largest absolute Gasteiger partial charge is 0.385 e. The van der Waals surface area contributed by atoms with Crippen molar-refractivity contribution >= 4 is 0 Å². The van der Waals surface area contributed by atoms with Gasteiger partial charge in [-0.25, -0.2) is 0 Å². The lowest BCUT2D eigenvalue weighted by molar-refractivity contribution is -0.0643. The summed E-state index contributed by atoms with van der Waals surface area (Å²) < 4.78 is 5.33. The van der Waals surface area contributed by atoms with Crippen molar-refractivity contribution in [3.63, 3.8) is 0 Å². The van der Waals surface area contributed by atoms with Crippen molar-refractivity contribution in [2.75, 3.05) is 26.3 Å². The third-order valence-electron chi connectivity index (χ3n) is 3.36. The number of aromatic nitrogens is 2. The number of morpholine rings is 1. The molecule has 0 saturated carbocycles. The van der Waals surface area contributed by atoms with Gasteiger partial charge in [0.15, 0.2) is 0 Å². The third kappa shape index (κ3) is 2.62. The van der Waals surface area contributed by atoms with Crippen LogP contribution in [0.25, 0.3) is 0 Å². The maximum atomic E-state index is 10.4. The second-order valence-corrected chi connectivity index (χ2v) is 4.79. The molecule has 94 valence electrons. The second-order valence-electron chi connectivity index (χ2n) is 4.79. The maximum Gasteiger partial charge on any atom is 0.115 e. The smallest absolute Gasteiger partial charge is 0.115 e. The monoisotopic (exact) mass is 237 g/mol. The van der Waals surface area contributed by atoms with Gasteiger partial charge in [-0.1, -0.05) is 0 Å². The molecule has 0 radical (unpaired) electrons. The first-order valence-electron chi connectivity index (χ1n) is 5.89. The number of ether oxygens (including phenoxy) is 1. The lowest BCUT2D eigenvalue weighted by Gasteiger charge is -2.43. The quantitative estimate of drug-likeness (QED) is 0.835. The van der Waals surface area contributed by atoms with Crippen LogP contribution in [0.2, 0.25) is 0 Å². The topological polar surface area (TPSA) is 58.5 Å². The van der Waals surface area contributed by atoms with Crippen LogP contribution >= 0.6 is 0 Å². The van der Waals surface area contributed by atoms with Crippen molar-refractivity contribution in [3.8, 4) is 0 Å². The van der Waals surface area contributed by atoms with E-state index < -0.39 is 6.10 Å². The predicted molar refractivity (Wildman–Crippen MR) is 63.5 cm³/mol. The number of rotatable bonds is 3. The lowest BCUT2D eigenvalue weighted by atomic mass is 9.92. The summed E-state index contributed by atoms with van der Waals surface area (Å²) in [6.07, 6.45) is 4.19. The number of hydrogen-bond donors (Lipinski definition) is 1. The molecule has 1 aromatic rings. The lowest BCUT2D eigenvalue weighted by Crippen LogP contribution is -2.53. The normalized spacial score (nSPS) is 20.2. The molecule has 0 amide bonds. The van der Waals surface area contributed by atoms with Crippen molar-refractivity contribution in [3.05, 3.63) is 24.3 Å². The first-order chi connectivity index (χ1) is 8.12. The number of hydrogen-bond acceptors (Lipinski definition) is 5. The van der Waals surface area contributed by atoms with Gasteiger partial charge < -0.3 is 9.84 Å². The summed E-state index contributed by atoms with van der Waals surface area (Å²) in [5.74, 6) is 0. The van der Waals surface area contributed by atoms with E-state index in [1.54, 1.807) is 18.6 Å². The molecule has 1 fully saturated rings. The maximum absolute atomic E-state index is 10.4. The van der Waals surface area contributed by atoms with Crippen molar-refractivity contribution in [1.82, 2.24) is 14.9 Å². The zero-order chi connectivity index (χ0) is 12.3. The molecule has 2 rings (SSSR count). The molecule has 0 spiro atoms. The molecule has 1 aliphatic heterocycles. The summed E-state index contributed by atoms with van der Waals surface area (Å²) in [5, 5.41) is 10.4. The van der Waals surface area contributed by atoms with Crippen LogP contribution in [0, 0.1) is 0 Å². The Morgan fingerprint density at radius 1 is 1.35 bits per heavy atom. The van der Waals surface area contributed by atoms with Crippen LogP contribution in [0.3, 0.4) is 0 Å². The Hall–Kier alpha value is -1.04. The second kappa shape index (κ2) is 5.08. The van der Waals surface area contributed by atoms with E-state index in [4.69, 9.17) is 4.74 Å². The van der Waals surface area contributed by atoms with Gasteiger partial charge >= 0.3 is 0 Å². The molecular formula is C12H19N3O2. The van der Waals surface area contributed by atoms with Crippen LogP contribution in [-0.2, 0) is 4.74 Å². The van der Waals surface area contributed by atoms with Gasteiger partial charge in [0.1, 0.15) is 6.10 Å². The standard InChI is InChI=1S/C12H19N3O2/c1-12(2,15-5-7-17-8-6-15)11(16)10-9-13-3-4-14-10/h3-4,9,11,16H,5-8H2,1-2H3. The van der Waals surface area contributed by atoms with Crippen LogP contribution in [0.4, 0.5) is 0 Å². The molecule has 1 atom stereocenters. The highest BCUT2D eigenvalue weighted by atomic mass is 16.5. The summed E-state index contributed by atoms with van der Waals surface area (Å²) in [7, 11) is 0. The van der Waals surface area contributed by atoms with Crippen LogP contribution in [0.5, 0.6) is 0 Å². The molecule has 1 aromatic heterocycles. The zero-order valence-corrected chi connectivity index (χ0v) is 10.3. The minimum absolute atomic E-state index is 0.361. The van der Waals surface area contributed by atoms with E-state index >= 15 is 0 Å². The molecule has 1 saturated heterocycles. The average Bonchev–Trinajstić information content (AvgIpc) is 2.40. The van der Waals surface area contributed by atoms with E-state index in [1.165, 1.54) is 0 Å². The molecule has 0 bridgehead atoms. The SMILES string of the molecule is CC(C)(C(O)c1cnccn1)N1CCOCC1. The molecule has 1 aliphatic rings. The van der Waals surface area contributed by atoms with Crippen LogP contribution in [0.1, 0.15) is 25.6 Å². The molecule has 5 nitrogen and oxygen atoms in total. The molecule has 1 N–H and O–H groups in total. The number of aliphatic hydroxyl groups excluding tert-OH is 1. The first-order valence-corrected chi connectivity index (χ1v) is 5.89. The van der Waals surface area contributed by atoms with E-state index in [9.17, 15) is 5.11 Å². The summed E-state index contributed by atoms with van der Waals surface area (Å²) in [5.41, 5.74) is 0.254. The van der Waals surface area contributed by atoms with E-state index in [-0.39, 0.29) is 5.54 Å². The van der Waals surface area contributed by atoms with E-state index in [1.807, 2.05) is 13.8 Å². The minimum atomic E-state index is -0.644. The van der Waals surface area contributed by atoms with Crippen molar-refractivity contribution in [2.45, 2.75) is 25.5 Å².